The number of amides is 1. The Bertz CT molecular complexity index is 435. The molecule has 0 radical (unpaired) electrons. The van der Waals surface area contributed by atoms with Gasteiger partial charge in [-0.25, -0.2) is 9.97 Å². The molecule has 0 aliphatic heterocycles. The first-order valence-corrected chi connectivity index (χ1v) is 5.78. The second-order valence-corrected chi connectivity index (χ2v) is 4.43. The van der Waals surface area contributed by atoms with Crippen LogP contribution < -0.4 is 16.4 Å². The Morgan fingerprint density at radius 3 is 2.94 bits per heavy atom. The lowest BCUT2D eigenvalue weighted by Crippen LogP contribution is -2.39. The Balaban J connectivity index is 1.99. The highest BCUT2D eigenvalue weighted by Gasteiger charge is 2.25. The van der Waals surface area contributed by atoms with Crippen LogP contribution in [0.25, 0.3) is 0 Å². The molecule has 2 rings (SSSR count). The molecule has 1 amide bonds. The van der Waals surface area contributed by atoms with Crippen LogP contribution in [0.4, 0.5) is 11.5 Å². The van der Waals surface area contributed by atoms with Gasteiger partial charge in [-0.1, -0.05) is 11.6 Å². The third-order valence-corrected chi connectivity index (χ3v) is 2.81. The Morgan fingerprint density at radius 2 is 2.29 bits per heavy atom. The zero-order valence-electron chi connectivity index (χ0n) is 9.40. The molecule has 0 saturated heterocycles. The van der Waals surface area contributed by atoms with Gasteiger partial charge < -0.3 is 16.4 Å². The number of rotatable bonds is 4. The van der Waals surface area contributed by atoms with Crippen molar-refractivity contribution in [2.24, 2.45) is 0 Å². The number of aromatic nitrogens is 2. The smallest absolute Gasteiger partial charge is 0.242 e. The van der Waals surface area contributed by atoms with Gasteiger partial charge in [0, 0.05) is 6.04 Å². The molecular formula is C10H14ClN5O. The molecule has 1 fully saturated rings. The zero-order valence-corrected chi connectivity index (χ0v) is 10.2. The number of carbonyl (C=O) groups excluding carboxylic acids is 1. The van der Waals surface area contributed by atoms with Crippen molar-refractivity contribution in [2.45, 2.75) is 31.8 Å². The summed E-state index contributed by atoms with van der Waals surface area (Å²) in [7, 11) is 0. The van der Waals surface area contributed by atoms with E-state index >= 15 is 0 Å². The Morgan fingerprint density at radius 1 is 1.59 bits per heavy atom. The van der Waals surface area contributed by atoms with Gasteiger partial charge in [0.25, 0.3) is 0 Å². The quantitative estimate of drug-likeness (QED) is 0.692. The summed E-state index contributed by atoms with van der Waals surface area (Å²) in [5.74, 6) is 0.310. The second kappa shape index (κ2) is 4.75. The molecule has 1 aliphatic rings. The maximum atomic E-state index is 11.7. The van der Waals surface area contributed by atoms with Crippen LogP contribution in [0.5, 0.6) is 0 Å². The molecular weight excluding hydrogens is 242 g/mol. The van der Waals surface area contributed by atoms with Crippen LogP contribution in [0.2, 0.25) is 5.15 Å². The molecule has 92 valence electrons. The second-order valence-electron chi connectivity index (χ2n) is 4.08. The van der Waals surface area contributed by atoms with Crippen LogP contribution in [0.3, 0.4) is 0 Å². The fourth-order valence-electron chi connectivity index (χ4n) is 1.31. The number of carbonyl (C=O) groups is 1. The number of anilines is 2. The molecule has 1 atom stereocenters. The number of nitrogens with two attached hydrogens (primary N) is 1. The Hall–Kier alpha value is -1.56. The summed E-state index contributed by atoms with van der Waals surface area (Å²) in [5, 5.41) is 5.98. The van der Waals surface area contributed by atoms with Crippen molar-refractivity contribution in [3.8, 4) is 0 Å². The first kappa shape index (κ1) is 11.9. The fourth-order valence-corrected chi connectivity index (χ4v) is 1.45. The van der Waals surface area contributed by atoms with Gasteiger partial charge in [-0.15, -0.1) is 0 Å². The van der Waals surface area contributed by atoms with E-state index in [4.69, 9.17) is 17.3 Å². The van der Waals surface area contributed by atoms with Crippen molar-refractivity contribution in [3.05, 3.63) is 11.5 Å². The Labute approximate surface area is 104 Å². The lowest BCUT2D eigenvalue weighted by Gasteiger charge is -2.15. The summed E-state index contributed by atoms with van der Waals surface area (Å²) in [6.07, 6.45) is 3.41. The number of nitrogens with one attached hydrogen (secondary N) is 2. The number of hydrogen-bond acceptors (Lipinski definition) is 5. The van der Waals surface area contributed by atoms with Gasteiger partial charge in [-0.2, -0.15) is 0 Å². The van der Waals surface area contributed by atoms with Gasteiger partial charge in [0.05, 0.1) is 0 Å². The molecule has 7 heteroatoms. The lowest BCUT2D eigenvalue weighted by atomic mass is 10.3. The number of nitrogens with zero attached hydrogens (tertiary/aromatic N) is 2. The summed E-state index contributed by atoms with van der Waals surface area (Å²) >= 11 is 5.75. The van der Waals surface area contributed by atoms with Crippen molar-refractivity contribution in [2.75, 3.05) is 11.1 Å². The van der Waals surface area contributed by atoms with E-state index in [1.807, 2.05) is 0 Å². The van der Waals surface area contributed by atoms with Crippen LogP contribution in [-0.4, -0.2) is 28.0 Å². The molecule has 0 spiro atoms. The average Bonchev–Trinajstić information content (AvgIpc) is 3.08. The molecule has 4 N–H and O–H groups in total. The first-order valence-electron chi connectivity index (χ1n) is 5.41. The average molecular weight is 256 g/mol. The summed E-state index contributed by atoms with van der Waals surface area (Å²) in [4.78, 5) is 19.4. The monoisotopic (exact) mass is 255 g/mol. The molecule has 1 aliphatic carbocycles. The molecule has 17 heavy (non-hydrogen) atoms. The van der Waals surface area contributed by atoms with E-state index in [2.05, 4.69) is 20.6 Å². The van der Waals surface area contributed by atoms with Crippen molar-refractivity contribution in [3.63, 3.8) is 0 Å². The van der Waals surface area contributed by atoms with E-state index in [1.54, 1.807) is 6.92 Å². The SMILES string of the molecule is CC(Nc1ncnc(Cl)c1N)C(=O)NC1CC1. The number of nitrogen functional groups attached to an aromatic ring is 1. The van der Waals surface area contributed by atoms with Gasteiger partial charge in [0.15, 0.2) is 11.0 Å². The van der Waals surface area contributed by atoms with Crippen molar-refractivity contribution in [1.82, 2.24) is 15.3 Å². The van der Waals surface area contributed by atoms with Gasteiger partial charge >= 0.3 is 0 Å². The standard InChI is InChI=1S/C10H14ClN5O/c1-5(10(17)16-6-2-3-6)15-9-7(12)8(11)13-4-14-9/h4-6H,2-3,12H2,1H3,(H,16,17)(H,13,14,15). The third kappa shape index (κ3) is 2.97. The molecule has 6 nitrogen and oxygen atoms in total. The number of halogens is 1. The van der Waals surface area contributed by atoms with E-state index in [1.165, 1.54) is 6.33 Å². The minimum atomic E-state index is -0.413. The van der Waals surface area contributed by atoms with Crippen LogP contribution >= 0.6 is 11.6 Å². The van der Waals surface area contributed by atoms with E-state index in [0.717, 1.165) is 12.8 Å². The summed E-state index contributed by atoms with van der Waals surface area (Å²) < 4.78 is 0. The van der Waals surface area contributed by atoms with Crippen LogP contribution in [0, 0.1) is 0 Å². The predicted octanol–water partition coefficient (Wildman–Crippen LogP) is 0.791. The minimum Gasteiger partial charge on any atom is -0.393 e. The highest BCUT2D eigenvalue weighted by atomic mass is 35.5. The third-order valence-electron chi connectivity index (χ3n) is 2.51. The minimum absolute atomic E-state index is 0.0679. The fraction of sp³-hybridized carbons (Fsp3) is 0.500. The van der Waals surface area contributed by atoms with Crippen molar-refractivity contribution in [1.29, 1.82) is 0 Å². The summed E-state index contributed by atoms with van der Waals surface area (Å²) in [5.41, 5.74) is 5.94. The topological polar surface area (TPSA) is 92.9 Å². The molecule has 1 aromatic heterocycles. The zero-order chi connectivity index (χ0) is 12.4. The predicted molar refractivity (Wildman–Crippen MR) is 65.7 cm³/mol. The molecule has 0 aromatic carbocycles. The summed E-state index contributed by atoms with van der Waals surface area (Å²) in [6.45, 7) is 1.74. The number of hydrogen-bond donors (Lipinski definition) is 3. The highest BCUT2D eigenvalue weighted by molar-refractivity contribution is 6.32. The van der Waals surface area contributed by atoms with Gasteiger partial charge in [0.1, 0.15) is 18.1 Å². The van der Waals surface area contributed by atoms with Crippen LogP contribution in [-0.2, 0) is 4.79 Å². The van der Waals surface area contributed by atoms with E-state index in [-0.39, 0.29) is 16.7 Å². The Kier molecular flexibility index (Phi) is 3.33. The van der Waals surface area contributed by atoms with Crippen LogP contribution in [0.15, 0.2) is 6.33 Å². The van der Waals surface area contributed by atoms with E-state index in [0.29, 0.717) is 11.9 Å². The molecule has 0 bridgehead atoms. The molecule has 1 aromatic rings. The molecule has 1 unspecified atom stereocenters. The van der Waals surface area contributed by atoms with E-state index in [9.17, 15) is 4.79 Å². The van der Waals surface area contributed by atoms with Crippen molar-refractivity contribution < 1.29 is 4.79 Å². The van der Waals surface area contributed by atoms with Crippen molar-refractivity contribution >= 4 is 29.0 Å². The largest absolute Gasteiger partial charge is 0.393 e. The first-order chi connectivity index (χ1) is 8.08. The van der Waals surface area contributed by atoms with Gasteiger partial charge in [-0.3, -0.25) is 4.79 Å². The molecule has 1 saturated carbocycles. The normalized spacial score (nSPS) is 16.4. The maximum absolute atomic E-state index is 11.7. The molecule has 1 heterocycles. The maximum Gasteiger partial charge on any atom is 0.242 e. The summed E-state index contributed by atoms with van der Waals surface area (Å²) in [6, 6.07) is -0.0815. The highest BCUT2D eigenvalue weighted by Crippen LogP contribution is 2.23. The van der Waals surface area contributed by atoms with Crippen LogP contribution in [0.1, 0.15) is 19.8 Å². The van der Waals surface area contributed by atoms with Gasteiger partial charge in [-0.05, 0) is 19.8 Å². The van der Waals surface area contributed by atoms with Gasteiger partial charge in [0.2, 0.25) is 5.91 Å². The lowest BCUT2D eigenvalue weighted by molar-refractivity contribution is -0.121. The van der Waals surface area contributed by atoms with E-state index < -0.39 is 6.04 Å².